The number of hydrogen-bond donors (Lipinski definition) is 1. The molecule has 0 saturated carbocycles. The van der Waals surface area contributed by atoms with Gasteiger partial charge >= 0.3 is 6.09 Å². The minimum atomic E-state index is -0.202. The number of ether oxygens (including phenoxy) is 1. The Morgan fingerprint density at radius 3 is 2.40 bits per heavy atom. The van der Waals surface area contributed by atoms with Gasteiger partial charge in [-0.05, 0) is 23.6 Å². The Hall–Kier alpha value is -1.55. The first-order valence-corrected chi connectivity index (χ1v) is 7.36. The fourth-order valence-corrected chi connectivity index (χ4v) is 2.46. The van der Waals surface area contributed by atoms with Crippen LogP contribution in [-0.4, -0.2) is 37.2 Å². The second-order valence-electron chi connectivity index (χ2n) is 5.49. The number of nitrogens with one attached hydrogen (secondary N) is 1. The van der Waals surface area contributed by atoms with Gasteiger partial charge in [-0.2, -0.15) is 0 Å². The van der Waals surface area contributed by atoms with Crippen molar-refractivity contribution in [2.75, 3.05) is 26.2 Å². The fourth-order valence-electron chi connectivity index (χ4n) is 2.46. The number of carbonyl (C=O) groups excluding carboxylic acids is 1. The molecule has 1 unspecified atom stereocenters. The van der Waals surface area contributed by atoms with Crippen molar-refractivity contribution in [1.82, 2.24) is 10.2 Å². The molecule has 0 aliphatic carbocycles. The zero-order chi connectivity index (χ0) is 14.5. The van der Waals surface area contributed by atoms with E-state index >= 15 is 0 Å². The van der Waals surface area contributed by atoms with Crippen molar-refractivity contribution in [3.63, 3.8) is 0 Å². The summed E-state index contributed by atoms with van der Waals surface area (Å²) in [6.45, 7) is 9.19. The molecule has 2 rings (SSSR count). The standard InChI is InChI=1S/C16H24N2O2/c1-4-17-15(11-18-9-10-20-16(18)19)14-7-5-13(6-8-14)12(2)3/h5-8,12,15,17H,4,9-11H2,1-3H3. The molecule has 0 aromatic heterocycles. The van der Waals surface area contributed by atoms with E-state index in [-0.39, 0.29) is 12.1 Å². The molecule has 1 saturated heterocycles. The summed E-state index contributed by atoms with van der Waals surface area (Å²) in [6, 6.07) is 8.82. The molecule has 0 bridgehead atoms. The maximum absolute atomic E-state index is 11.6. The van der Waals surface area contributed by atoms with Gasteiger partial charge in [-0.25, -0.2) is 4.79 Å². The van der Waals surface area contributed by atoms with Crippen LogP contribution in [0.15, 0.2) is 24.3 Å². The number of likely N-dealkylation sites (N-methyl/N-ethyl adjacent to an activating group) is 1. The van der Waals surface area contributed by atoms with E-state index in [0.29, 0.717) is 25.6 Å². The molecule has 4 heteroatoms. The van der Waals surface area contributed by atoms with Crippen LogP contribution in [0.1, 0.15) is 43.9 Å². The van der Waals surface area contributed by atoms with Gasteiger partial charge in [0.1, 0.15) is 6.61 Å². The van der Waals surface area contributed by atoms with Crippen LogP contribution in [0.4, 0.5) is 4.79 Å². The smallest absolute Gasteiger partial charge is 0.410 e. The van der Waals surface area contributed by atoms with Crippen molar-refractivity contribution < 1.29 is 9.53 Å². The number of amides is 1. The molecule has 20 heavy (non-hydrogen) atoms. The van der Waals surface area contributed by atoms with Crippen LogP contribution in [0.25, 0.3) is 0 Å². The highest BCUT2D eigenvalue weighted by atomic mass is 16.6. The van der Waals surface area contributed by atoms with Gasteiger partial charge in [0.05, 0.1) is 12.6 Å². The molecule has 1 N–H and O–H groups in total. The number of cyclic esters (lactones) is 1. The lowest BCUT2D eigenvalue weighted by Crippen LogP contribution is -2.35. The lowest BCUT2D eigenvalue weighted by atomic mass is 9.99. The Kier molecular flexibility index (Phi) is 5.01. The number of carbonyl (C=O) groups is 1. The van der Waals surface area contributed by atoms with E-state index in [9.17, 15) is 4.79 Å². The van der Waals surface area contributed by atoms with Gasteiger partial charge in [-0.1, -0.05) is 45.0 Å². The second kappa shape index (κ2) is 6.75. The van der Waals surface area contributed by atoms with Gasteiger partial charge in [-0.3, -0.25) is 0 Å². The van der Waals surface area contributed by atoms with Gasteiger partial charge < -0.3 is 15.0 Å². The minimum absolute atomic E-state index is 0.159. The molecule has 1 aromatic rings. The predicted octanol–water partition coefficient (Wildman–Crippen LogP) is 2.91. The van der Waals surface area contributed by atoms with E-state index in [1.165, 1.54) is 11.1 Å². The summed E-state index contributed by atoms with van der Waals surface area (Å²) >= 11 is 0. The molecule has 1 amide bonds. The highest BCUT2D eigenvalue weighted by Gasteiger charge is 2.25. The first-order chi connectivity index (χ1) is 9.61. The van der Waals surface area contributed by atoms with Crippen molar-refractivity contribution in [1.29, 1.82) is 0 Å². The molecule has 110 valence electrons. The zero-order valence-electron chi connectivity index (χ0n) is 12.6. The Balaban J connectivity index is 2.08. The summed E-state index contributed by atoms with van der Waals surface area (Å²) in [5.74, 6) is 0.537. The van der Waals surface area contributed by atoms with Gasteiger partial charge in [0.15, 0.2) is 0 Å². The number of nitrogens with zero attached hydrogens (tertiary/aromatic N) is 1. The molecule has 1 aromatic carbocycles. The van der Waals surface area contributed by atoms with Gasteiger partial charge in [0, 0.05) is 6.54 Å². The van der Waals surface area contributed by atoms with Crippen LogP contribution in [0, 0.1) is 0 Å². The summed E-state index contributed by atoms with van der Waals surface area (Å²) in [4.78, 5) is 13.3. The SMILES string of the molecule is CCNC(CN1CCOC1=O)c1ccc(C(C)C)cc1. The van der Waals surface area contributed by atoms with Crippen LogP contribution < -0.4 is 5.32 Å². The van der Waals surface area contributed by atoms with Crippen molar-refractivity contribution in [2.24, 2.45) is 0 Å². The van der Waals surface area contributed by atoms with Crippen molar-refractivity contribution in [3.8, 4) is 0 Å². The molecule has 1 atom stereocenters. The molecule has 1 aliphatic heterocycles. The lowest BCUT2D eigenvalue weighted by molar-refractivity contribution is 0.156. The van der Waals surface area contributed by atoms with Crippen LogP contribution in [0.2, 0.25) is 0 Å². The quantitative estimate of drug-likeness (QED) is 0.868. The zero-order valence-corrected chi connectivity index (χ0v) is 12.6. The van der Waals surface area contributed by atoms with Crippen LogP contribution in [0.5, 0.6) is 0 Å². The molecule has 1 aliphatic rings. The van der Waals surface area contributed by atoms with Crippen LogP contribution in [0.3, 0.4) is 0 Å². The number of benzene rings is 1. The summed E-state index contributed by atoms with van der Waals surface area (Å²) in [6.07, 6.45) is -0.202. The topological polar surface area (TPSA) is 41.6 Å². The largest absolute Gasteiger partial charge is 0.448 e. The maximum Gasteiger partial charge on any atom is 0.410 e. The minimum Gasteiger partial charge on any atom is -0.448 e. The monoisotopic (exact) mass is 276 g/mol. The second-order valence-corrected chi connectivity index (χ2v) is 5.49. The van der Waals surface area contributed by atoms with Crippen molar-refractivity contribution in [2.45, 2.75) is 32.7 Å². The first-order valence-electron chi connectivity index (χ1n) is 7.36. The highest BCUT2D eigenvalue weighted by Crippen LogP contribution is 2.20. The molecular formula is C16H24N2O2. The van der Waals surface area contributed by atoms with E-state index in [1.807, 2.05) is 0 Å². The van der Waals surface area contributed by atoms with Crippen LogP contribution in [-0.2, 0) is 4.74 Å². The van der Waals surface area contributed by atoms with Gasteiger partial charge in [0.25, 0.3) is 0 Å². The molecule has 0 spiro atoms. The van der Waals surface area contributed by atoms with Crippen LogP contribution >= 0.6 is 0 Å². The predicted molar refractivity (Wildman–Crippen MR) is 79.9 cm³/mol. The fraction of sp³-hybridized carbons (Fsp3) is 0.562. The number of hydrogen-bond acceptors (Lipinski definition) is 3. The highest BCUT2D eigenvalue weighted by molar-refractivity contribution is 5.69. The van der Waals surface area contributed by atoms with E-state index in [0.717, 1.165) is 6.54 Å². The summed E-state index contributed by atoms with van der Waals surface area (Å²) in [5, 5.41) is 3.45. The lowest BCUT2D eigenvalue weighted by Gasteiger charge is -2.23. The van der Waals surface area contributed by atoms with E-state index in [4.69, 9.17) is 4.74 Å². The molecular weight excluding hydrogens is 252 g/mol. The third kappa shape index (κ3) is 3.51. The van der Waals surface area contributed by atoms with Gasteiger partial charge in [-0.15, -0.1) is 0 Å². The van der Waals surface area contributed by atoms with E-state index in [1.54, 1.807) is 4.90 Å². The van der Waals surface area contributed by atoms with Gasteiger partial charge in [0.2, 0.25) is 0 Å². The van der Waals surface area contributed by atoms with E-state index in [2.05, 4.69) is 50.4 Å². The Morgan fingerprint density at radius 2 is 1.90 bits per heavy atom. The van der Waals surface area contributed by atoms with Crippen molar-refractivity contribution in [3.05, 3.63) is 35.4 Å². The summed E-state index contributed by atoms with van der Waals surface area (Å²) in [7, 11) is 0. The Bertz CT molecular complexity index is 442. The third-order valence-corrected chi connectivity index (χ3v) is 3.70. The third-order valence-electron chi connectivity index (χ3n) is 3.70. The molecule has 4 nitrogen and oxygen atoms in total. The number of rotatable bonds is 6. The average molecular weight is 276 g/mol. The average Bonchev–Trinajstić information content (AvgIpc) is 2.84. The molecule has 1 fully saturated rings. The maximum atomic E-state index is 11.6. The molecule has 1 heterocycles. The van der Waals surface area contributed by atoms with Crippen molar-refractivity contribution >= 4 is 6.09 Å². The Labute approximate surface area is 121 Å². The Morgan fingerprint density at radius 1 is 1.25 bits per heavy atom. The summed E-state index contributed by atoms with van der Waals surface area (Å²) < 4.78 is 4.99. The van der Waals surface area contributed by atoms with E-state index < -0.39 is 0 Å². The normalized spacial score (nSPS) is 16.6. The summed E-state index contributed by atoms with van der Waals surface area (Å²) in [5.41, 5.74) is 2.56. The molecule has 0 radical (unpaired) electrons. The first kappa shape index (κ1) is 14.9.